The van der Waals surface area contributed by atoms with Gasteiger partial charge in [0.15, 0.2) is 0 Å². The molecule has 2 saturated heterocycles. The first kappa shape index (κ1) is 17.9. The van der Waals surface area contributed by atoms with Crippen molar-refractivity contribution in [3.05, 3.63) is 41.5 Å². The topological polar surface area (TPSA) is 76.5 Å². The second kappa shape index (κ2) is 8.40. The second-order valence-corrected chi connectivity index (χ2v) is 5.83. The summed E-state index contributed by atoms with van der Waals surface area (Å²) in [6.07, 6.45) is 5.83. The van der Waals surface area contributed by atoms with Crippen LogP contribution in [0.25, 0.3) is 6.08 Å². The average molecular weight is 328 g/mol. The smallest absolute Gasteiger partial charge is 0.317 e. The summed E-state index contributed by atoms with van der Waals surface area (Å²) >= 11 is 0. The van der Waals surface area contributed by atoms with Gasteiger partial charge in [0.1, 0.15) is 5.84 Å². The third-order valence-electron chi connectivity index (χ3n) is 4.02. The third-order valence-corrected chi connectivity index (χ3v) is 4.02. The highest BCUT2D eigenvalue weighted by atomic mass is 16.2. The summed E-state index contributed by atoms with van der Waals surface area (Å²) in [6.45, 7) is 2.50. The quantitative estimate of drug-likeness (QED) is 0.777. The monoisotopic (exact) mass is 328 g/mol. The summed E-state index contributed by atoms with van der Waals surface area (Å²) in [5.74, 6) is -0.529. The number of urea groups is 1. The van der Waals surface area contributed by atoms with Crippen LogP contribution in [-0.4, -0.2) is 54.8 Å². The number of hydrogen-bond acceptors (Lipinski definition) is 4. The van der Waals surface area contributed by atoms with Gasteiger partial charge in [-0.2, -0.15) is 0 Å². The molecule has 2 heterocycles. The predicted octanol–water partition coefficient (Wildman–Crippen LogP) is 2.33. The maximum atomic E-state index is 12.0. The zero-order valence-corrected chi connectivity index (χ0v) is 14.2. The third kappa shape index (κ3) is 4.29. The van der Waals surface area contributed by atoms with E-state index in [1.807, 2.05) is 30.3 Å². The molecule has 2 aliphatic rings. The lowest BCUT2D eigenvalue weighted by Gasteiger charge is -2.31. The summed E-state index contributed by atoms with van der Waals surface area (Å²) < 4.78 is 0. The normalized spacial score (nSPS) is 20.1. The Morgan fingerprint density at radius 2 is 1.62 bits per heavy atom. The lowest BCUT2D eigenvalue weighted by atomic mass is 10.1. The number of hydrogen-bond donors (Lipinski definition) is 2. The molecule has 0 aromatic heterocycles. The van der Waals surface area contributed by atoms with E-state index in [-0.39, 0.29) is 11.4 Å². The molecule has 0 unspecified atom stereocenters. The van der Waals surface area contributed by atoms with Gasteiger partial charge in [-0.25, -0.2) is 4.79 Å². The number of piperidine rings is 1. The van der Waals surface area contributed by atoms with Crippen molar-refractivity contribution in [3.63, 3.8) is 0 Å². The molecule has 2 N–H and O–H groups in total. The van der Waals surface area contributed by atoms with Crippen LogP contribution in [0.1, 0.15) is 24.8 Å². The zero-order valence-electron chi connectivity index (χ0n) is 14.2. The fourth-order valence-corrected chi connectivity index (χ4v) is 2.52. The second-order valence-electron chi connectivity index (χ2n) is 5.83. The van der Waals surface area contributed by atoms with Crippen molar-refractivity contribution in [2.45, 2.75) is 19.3 Å². The summed E-state index contributed by atoms with van der Waals surface area (Å²) in [5, 5.41) is 11.1. The number of nitrogens with zero attached hydrogens (tertiary/aromatic N) is 2. The maximum Gasteiger partial charge on any atom is 0.332 e. The minimum atomic E-state index is -0.491. The van der Waals surface area contributed by atoms with Gasteiger partial charge in [-0.1, -0.05) is 36.8 Å². The van der Waals surface area contributed by atoms with Crippen molar-refractivity contribution in [3.8, 4) is 0 Å². The molecule has 24 heavy (non-hydrogen) atoms. The van der Waals surface area contributed by atoms with Gasteiger partial charge in [0.05, 0.1) is 5.57 Å². The number of rotatable bonds is 1. The number of amides is 3. The summed E-state index contributed by atoms with van der Waals surface area (Å²) in [5.41, 5.74) is 1.03. The number of carbonyl (C=O) groups is 2. The molecule has 0 saturated carbocycles. The van der Waals surface area contributed by atoms with E-state index >= 15 is 0 Å². The molecule has 2 fully saturated rings. The fraction of sp³-hybridized carbons (Fsp3) is 0.389. The Hall–Kier alpha value is -2.47. The van der Waals surface area contributed by atoms with Gasteiger partial charge in [0.25, 0.3) is 5.91 Å². The molecule has 1 aromatic carbocycles. The maximum absolute atomic E-state index is 12.0. The molecule has 0 bridgehead atoms. The van der Waals surface area contributed by atoms with E-state index in [9.17, 15) is 9.59 Å². The zero-order chi connectivity index (χ0) is 17.5. The largest absolute Gasteiger partial charge is 0.332 e. The Kier molecular flexibility index (Phi) is 6.26. The molecule has 0 radical (unpaired) electrons. The van der Waals surface area contributed by atoms with E-state index in [2.05, 4.69) is 5.32 Å². The Labute approximate surface area is 142 Å². The fourth-order valence-electron chi connectivity index (χ4n) is 2.52. The van der Waals surface area contributed by atoms with Gasteiger partial charge in [-0.05, 0) is 37.6 Å². The van der Waals surface area contributed by atoms with E-state index < -0.39 is 11.9 Å². The van der Waals surface area contributed by atoms with E-state index in [4.69, 9.17) is 5.41 Å². The van der Waals surface area contributed by atoms with Crippen LogP contribution in [0.3, 0.4) is 0 Å². The minimum absolute atomic E-state index is 0.0769. The molecule has 2 aliphatic heterocycles. The highest BCUT2D eigenvalue weighted by Gasteiger charge is 2.35. The Balaban J connectivity index is 0.000000292. The van der Waals surface area contributed by atoms with Crippen LogP contribution in [0.2, 0.25) is 0 Å². The molecule has 3 rings (SSSR count). The van der Waals surface area contributed by atoms with Crippen LogP contribution in [0.4, 0.5) is 4.79 Å². The van der Waals surface area contributed by atoms with Gasteiger partial charge in [-0.3, -0.25) is 20.0 Å². The molecule has 0 aliphatic carbocycles. The van der Waals surface area contributed by atoms with Crippen molar-refractivity contribution < 1.29 is 9.59 Å². The van der Waals surface area contributed by atoms with E-state index in [1.54, 1.807) is 6.08 Å². The number of nitrogens with one attached hydrogen (secondary N) is 2. The Bertz CT molecular complexity index is 598. The van der Waals surface area contributed by atoms with Crippen LogP contribution in [-0.2, 0) is 4.79 Å². The van der Waals surface area contributed by atoms with Crippen molar-refractivity contribution in [2.24, 2.45) is 0 Å². The molecule has 128 valence electrons. The Morgan fingerprint density at radius 3 is 2.12 bits per heavy atom. The van der Waals surface area contributed by atoms with Gasteiger partial charge in [0, 0.05) is 14.1 Å². The van der Waals surface area contributed by atoms with Crippen molar-refractivity contribution >= 4 is 23.8 Å². The van der Waals surface area contributed by atoms with Gasteiger partial charge in [-0.15, -0.1) is 0 Å². The highest BCUT2D eigenvalue weighted by molar-refractivity contribution is 6.31. The first-order valence-corrected chi connectivity index (χ1v) is 8.14. The molecule has 6 nitrogen and oxygen atoms in total. The summed E-state index contributed by atoms with van der Waals surface area (Å²) in [7, 11) is 2.89. The van der Waals surface area contributed by atoms with Crippen LogP contribution in [0.15, 0.2) is 35.9 Å². The summed E-state index contributed by atoms with van der Waals surface area (Å²) in [6, 6.07) is 8.76. The number of amidine groups is 1. The van der Waals surface area contributed by atoms with Crippen molar-refractivity contribution in [2.75, 3.05) is 27.2 Å². The van der Waals surface area contributed by atoms with Crippen molar-refractivity contribution in [1.29, 1.82) is 5.41 Å². The number of benzene rings is 1. The molecule has 6 heteroatoms. The van der Waals surface area contributed by atoms with Crippen LogP contribution < -0.4 is 5.32 Å². The number of imide groups is 1. The summed E-state index contributed by atoms with van der Waals surface area (Å²) in [4.78, 5) is 25.7. The van der Waals surface area contributed by atoms with E-state index in [1.165, 1.54) is 46.4 Å². The SMILES string of the molecule is C1CCNCC1.CN1C(=N)/C(=C\c2ccccc2)C(=O)N(C)C1=O. The number of likely N-dealkylation sites (N-methyl/N-ethyl adjacent to an activating group) is 2. The van der Waals surface area contributed by atoms with E-state index in [0.29, 0.717) is 0 Å². The first-order chi connectivity index (χ1) is 11.5. The predicted molar refractivity (Wildman–Crippen MR) is 94.8 cm³/mol. The molecule has 3 amide bonds. The molecule has 1 aromatic rings. The Morgan fingerprint density at radius 1 is 1.00 bits per heavy atom. The van der Waals surface area contributed by atoms with Crippen LogP contribution in [0, 0.1) is 5.41 Å². The average Bonchev–Trinajstić information content (AvgIpc) is 2.65. The van der Waals surface area contributed by atoms with Crippen LogP contribution >= 0.6 is 0 Å². The standard InChI is InChI=1S/C13H13N3O2.C5H11N/c1-15-11(14)10(12(17)16(2)13(15)18)8-9-6-4-3-5-7-9;1-2-4-6-5-3-1/h3-8,14H,1-2H3;6H,1-5H2/b10-8+,14-11?;. The number of carbonyl (C=O) groups excluding carboxylic acids is 2. The highest BCUT2D eigenvalue weighted by Crippen LogP contribution is 2.17. The minimum Gasteiger partial charge on any atom is -0.317 e. The lowest BCUT2D eigenvalue weighted by Crippen LogP contribution is -2.52. The molecular formula is C18H24N4O2. The van der Waals surface area contributed by atoms with Gasteiger partial charge in [0.2, 0.25) is 0 Å². The van der Waals surface area contributed by atoms with E-state index in [0.717, 1.165) is 15.4 Å². The molecule has 0 spiro atoms. The van der Waals surface area contributed by atoms with Gasteiger partial charge < -0.3 is 5.32 Å². The molecule has 0 atom stereocenters. The van der Waals surface area contributed by atoms with Crippen molar-refractivity contribution in [1.82, 2.24) is 15.1 Å². The first-order valence-electron chi connectivity index (χ1n) is 8.14. The lowest BCUT2D eigenvalue weighted by molar-refractivity contribution is -0.123. The molecular weight excluding hydrogens is 304 g/mol. The van der Waals surface area contributed by atoms with Crippen LogP contribution in [0.5, 0.6) is 0 Å². The van der Waals surface area contributed by atoms with Gasteiger partial charge >= 0.3 is 6.03 Å².